The molecule has 0 amide bonds. The molecule has 1 heterocycles. The molecule has 7 nitrogen and oxygen atoms in total. The minimum atomic E-state index is 0.347. The number of nitrogens with one attached hydrogen (secondary N) is 1. The van der Waals surface area contributed by atoms with Gasteiger partial charge in [-0.3, -0.25) is 0 Å². The van der Waals surface area contributed by atoms with E-state index < -0.39 is 0 Å². The third-order valence-corrected chi connectivity index (χ3v) is 6.58. The van der Waals surface area contributed by atoms with E-state index in [1.165, 1.54) is 0 Å². The number of nitrogens with zero attached hydrogens (tertiary/aromatic N) is 4. The first-order chi connectivity index (χ1) is 17.1. The Hall–Kier alpha value is -2.78. The SMILES string of the molecule is COc1cc(CNCCCSc2nnnn2-c2ccccc2)cc(Cl)c1OCc1cccc(Cl)c1. The lowest BCUT2D eigenvalue weighted by Crippen LogP contribution is -2.15. The number of ether oxygens (including phenoxy) is 2. The first-order valence-electron chi connectivity index (χ1n) is 11.0. The molecule has 0 spiro atoms. The van der Waals surface area contributed by atoms with Gasteiger partial charge in [-0.25, -0.2) is 0 Å². The van der Waals surface area contributed by atoms with Gasteiger partial charge in [-0.2, -0.15) is 4.68 Å². The third kappa shape index (κ3) is 7.11. The molecule has 1 aromatic heterocycles. The zero-order valence-corrected chi connectivity index (χ0v) is 21.5. The number of benzene rings is 3. The molecule has 0 saturated carbocycles. The molecule has 4 aromatic rings. The predicted molar refractivity (Wildman–Crippen MR) is 140 cm³/mol. The Bertz CT molecular complexity index is 1240. The van der Waals surface area contributed by atoms with Gasteiger partial charge in [0.25, 0.3) is 0 Å². The second-order valence-corrected chi connectivity index (χ2v) is 9.52. The second kappa shape index (κ2) is 12.8. The number of hydrogen-bond donors (Lipinski definition) is 1. The lowest BCUT2D eigenvalue weighted by Gasteiger charge is -2.15. The highest BCUT2D eigenvalue weighted by molar-refractivity contribution is 7.99. The molecule has 1 N–H and O–H groups in total. The molecule has 35 heavy (non-hydrogen) atoms. The smallest absolute Gasteiger partial charge is 0.214 e. The molecule has 0 aliphatic carbocycles. The van der Waals surface area contributed by atoms with Crippen LogP contribution < -0.4 is 14.8 Å². The van der Waals surface area contributed by atoms with Crippen LogP contribution in [0.5, 0.6) is 11.5 Å². The number of halogens is 2. The summed E-state index contributed by atoms with van der Waals surface area (Å²) in [4.78, 5) is 0. The van der Waals surface area contributed by atoms with Gasteiger partial charge in [0.2, 0.25) is 5.16 Å². The van der Waals surface area contributed by atoms with Crippen LogP contribution in [0.2, 0.25) is 10.0 Å². The standard InChI is InChI=1S/C25H25Cl2N5O2S/c1-33-23-15-19(14-22(27)24(23)34-17-18-7-5-8-20(26)13-18)16-28-11-6-12-35-25-29-30-31-32(25)21-9-3-2-4-10-21/h2-5,7-10,13-15,28H,6,11-12,16-17H2,1H3. The van der Waals surface area contributed by atoms with Crippen LogP contribution in [-0.4, -0.2) is 39.6 Å². The number of tetrazole rings is 1. The van der Waals surface area contributed by atoms with Crippen molar-refractivity contribution < 1.29 is 9.47 Å². The van der Waals surface area contributed by atoms with E-state index in [4.69, 9.17) is 32.7 Å². The molecular formula is C25H25Cl2N5O2S. The summed E-state index contributed by atoms with van der Waals surface area (Å²) in [6.45, 7) is 1.85. The first-order valence-corrected chi connectivity index (χ1v) is 12.8. The summed E-state index contributed by atoms with van der Waals surface area (Å²) in [7, 11) is 1.61. The van der Waals surface area contributed by atoms with Gasteiger partial charge in [-0.15, -0.1) is 5.10 Å². The molecule has 4 rings (SSSR count). The molecule has 0 saturated heterocycles. The topological polar surface area (TPSA) is 74.1 Å². The Morgan fingerprint density at radius 1 is 1.00 bits per heavy atom. The predicted octanol–water partition coefficient (Wildman–Crippen LogP) is 5.83. The van der Waals surface area contributed by atoms with Crippen molar-refractivity contribution in [3.05, 3.63) is 87.9 Å². The number of thioether (sulfide) groups is 1. The van der Waals surface area contributed by atoms with Crippen LogP contribution in [-0.2, 0) is 13.2 Å². The van der Waals surface area contributed by atoms with Crippen LogP contribution in [0.3, 0.4) is 0 Å². The largest absolute Gasteiger partial charge is 0.493 e. The van der Waals surface area contributed by atoms with Crippen LogP contribution in [0.4, 0.5) is 0 Å². The van der Waals surface area contributed by atoms with E-state index in [0.717, 1.165) is 40.7 Å². The van der Waals surface area contributed by atoms with Crippen molar-refractivity contribution in [1.29, 1.82) is 0 Å². The Balaban J connectivity index is 1.24. The van der Waals surface area contributed by atoms with E-state index >= 15 is 0 Å². The van der Waals surface area contributed by atoms with Gasteiger partial charge in [-0.1, -0.05) is 65.3 Å². The fourth-order valence-electron chi connectivity index (χ4n) is 3.39. The molecule has 0 bridgehead atoms. The fourth-order valence-corrected chi connectivity index (χ4v) is 4.72. The summed E-state index contributed by atoms with van der Waals surface area (Å²) < 4.78 is 13.2. The van der Waals surface area contributed by atoms with E-state index in [-0.39, 0.29) is 0 Å². The summed E-state index contributed by atoms with van der Waals surface area (Å²) in [6.07, 6.45) is 0.956. The van der Waals surface area contributed by atoms with Crippen LogP contribution in [0, 0.1) is 0 Å². The van der Waals surface area contributed by atoms with Crippen molar-refractivity contribution >= 4 is 35.0 Å². The lowest BCUT2D eigenvalue weighted by atomic mass is 10.2. The second-order valence-electron chi connectivity index (χ2n) is 7.62. The summed E-state index contributed by atoms with van der Waals surface area (Å²) in [5.41, 5.74) is 2.92. The molecule has 182 valence electrons. The molecular weight excluding hydrogens is 505 g/mol. The van der Waals surface area contributed by atoms with Crippen molar-refractivity contribution in [2.45, 2.75) is 24.7 Å². The van der Waals surface area contributed by atoms with Crippen LogP contribution in [0.1, 0.15) is 17.5 Å². The van der Waals surface area contributed by atoms with E-state index in [1.54, 1.807) is 23.6 Å². The van der Waals surface area contributed by atoms with Gasteiger partial charge in [0, 0.05) is 17.3 Å². The van der Waals surface area contributed by atoms with E-state index in [2.05, 4.69) is 20.8 Å². The van der Waals surface area contributed by atoms with Crippen molar-refractivity contribution in [1.82, 2.24) is 25.5 Å². The summed E-state index contributed by atoms with van der Waals surface area (Å²) in [5, 5.41) is 17.4. The highest BCUT2D eigenvalue weighted by Crippen LogP contribution is 2.37. The summed E-state index contributed by atoms with van der Waals surface area (Å²) in [6, 6.07) is 21.2. The Morgan fingerprint density at radius 3 is 2.66 bits per heavy atom. The summed E-state index contributed by atoms with van der Waals surface area (Å²) in [5.74, 6) is 2.01. The minimum absolute atomic E-state index is 0.347. The summed E-state index contributed by atoms with van der Waals surface area (Å²) >= 11 is 14.2. The van der Waals surface area contributed by atoms with Gasteiger partial charge < -0.3 is 14.8 Å². The number of para-hydroxylation sites is 1. The normalized spacial score (nSPS) is 10.9. The number of methoxy groups -OCH3 is 1. The van der Waals surface area contributed by atoms with Gasteiger partial charge in [0.1, 0.15) is 6.61 Å². The number of rotatable bonds is 12. The van der Waals surface area contributed by atoms with Crippen LogP contribution in [0.25, 0.3) is 5.69 Å². The number of aromatic nitrogens is 4. The lowest BCUT2D eigenvalue weighted by molar-refractivity contribution is 0.284. The quantitative estimate of drug-likeness (QED) is 0.183. The Kier molecular flexibility index (Phi) is 9.25. The van der Waals surface area contributed by atoms with E-state index in [9.17, 15) is 0 Å². The van der Waals surface area contributed by atoms with Gasteiger partial charge in [0.15, 0.2) is 11.5 Å². The molecule has 0 atom stereocenters. The molecule has 0 aliphatic heterocycles. The van der Waals surface area contributed by atoms with Crippen molar-refractivity contribution in [3.8, 4) is 17.2 Å². The Labute approximate surface area is 218 Å². The highest BCUT2D eigenvalue weighted by atomic mass is 35.5. The van der Waals surface area contributed by atoms with Crippen molar-refractivity contribution in [3.63, 3.8) is 0 Å². The number of hydrogen-bond acceptors (Lipinski definition) is 7. The average Bonchev–Trinajstić information content (AvgIpc) is 3.34. The average molecular weight is 530 g/mol. The van der Waals surface area contributed by atoms with Gasteiger partial charge in [0.05, 0.1) is 17.8 Å². The van der Waals surface area contributed by atoms with Crippen molar-refractivity contribution in [2.24, 2.45) is 0 Å². The fraction of sp³-hybridized carbons (Fsp3) is 0.240. The molecule has 0 unspecified atom stereocenters. The minimum Gasteiger partial charge on any atom is -0.493 e. The van der Waals surface area contributed by atoms with E-state index in [0.29, 0.717) is 34.7 Å². The highest BCUT2D eigenvalue weighted by Gasteiger charge is 2.13. The zero-order chi connectivity index (χ0) is 24.5. The maximum absolute atomic E-state index is 6.51. The van der Waals surface area contributed by atoms with Crippen molar-refractivity contribution in [2.75, 3.05) is 19.4 Å². The maximum atomic E-state index is 6.51. The molecule has 3 aromatic carbocycles. The molecule has 0 fully saturated rings. The molecule has 10 heteroatoms. The monoisotopic (exact) mass is 529 g/mol. The maximum Gasteiger partial charge on any atom is 0.214 e. The Morgan fingerprint density at radius 2 is 1.86 bits per heavy atom. The zero-order valence-electron chi connectivity index (χ0n) is 19.2. The van der Waals surface area contributed by atoms with E-state index in [1.807, 2.05) is 66.7 Å². The molecule has 0 aliphatic rings. The van der Waals surface area contributed by atoms with Crippen LogP contribution in [0.15, 0.2) is 71.9 Å². The van der Waals surface area contributed by atoms with Gasteiger partial charge >= 0.3 is 0 Å². The third-order valence-electron chi connectivity index (χ3n) is 5.06. The van der Waals surface area contributed by atoms with Crippen LogP contribution >= 0.6 is 35.0 Å². The first kappa shape index (κ1) is 25.3. The molecule has 0 radical (unpaired) electrons. The van der Waals surface area contributed by atoms with Gasteiger partial charge in [-0.05, 0) is 70.9 Å².